The van der Waals surface area contributed by atoms with Crippen molar-refractivity contribution in [3.8, 4) is 12.1 Å². The number of hydrogen-bond donors (Lipinski definition) is 1. The predicted octanol–water partition coefficient (Wildman–Crippen LogP) is 0.656. The Hall–Kier alpha value is -1.48. The minimum atomic E-state index is 0.0278. The van der Waals surface area contributed by atoms with Gasteiger partial charge in [0.2, 0.25) is 0 Å². The van der Waals surface area contributed by atoms with Crippen molar-refractivity contribution in [3.63, 3.8) is 0 Å². The Morgan fingerprint density at radius 1 is 1.44 bits per heavy atom. The fourth-order valence-electron chi connectivity index (χ4n) is 0.397. The average molecular weight is 121 g/mol. The van der Waals surface area contributed by atoms with E-state index in [0.29, 0.717) is 12.0 Å². The largest absolute Gasteiger partial charge is 0.389 e. The number of rotatable bonds is 1. The van der Waals surface area contributed by atoms with Crippen LogP contribution in [0.4, 0.5) is 0 Å². The second-order valence-electron chi connectivity index (χ2n) is 1.47. The second kappa shape index (κ2) is 3.51. The van der Waals surface area contributed by atoms with Crippen LogP contribution >= 0.6 is 0 Å². The first-order valence-corrected chi connectivity index (χ1v) is 2.55. The molecule has 0 aliphatic rings. The van der Waals surface area contributed by atoms with Gasteiger partial charge in [-0.25, -0.2) is 0 Å². The first-order chi connectivity index (χ1) is 4.26. The highest BCUT2D eigenvalue weighted by molar-refractivity contribution is 5.33. The van der Waals surface area contributed by atoms with Gasteiger partial charge in [-0.15, -0.1) is 0 Å². The Kier molecular flexibility index (Phi) is 2.94. The topological polar surface area (TPSA) is 73.6 Å². The molecule has 0 aromatic carbocycles. The van der Waals surface area contributed by atoms with Crippen molar-refractivity contribution in [1.82, 2.24) is 0 Å². The van der Waals surface area contributed by atoms with Gasteiger partial charge in [-0.05, 0) is 6.42 Å². The van der Waals surface area contributed by atoms with Crippen LogP contribution in [0.1, 0.15) is 13.3 Å². The minimum Gasteiger partial charge on any atom is -0.389 e. The summed E-state index contributed by atoms with van der Waals surface area (Å²) in [5.74, 6) is 0. The second-order valence-corrected chi connectivity index (χ2v) is 1.47. The molecular formula is C6H7N3. The first-order valence-electron chi connectivity index (χ1n) is 2.55. The van der Waals surface area contributed by atoms with Crippen molar-refractivity contribution < 1.29 is 0 Å². The summed E-state index contributed by atoms with van der Waals surface area (Å²) in [5, 5.41) is 16.5. The molecule has 0 spiro atoms. The van der Waals surface area contributed by atoms with E-state index in [1.165, 1.54) is 0 Å². The molecule has 0 fully saturated rings. The van der Waals surface area contributed by atoms with Gasteiger partial charge in [0.1, 0.15) is 11.8 Å². The molecule has 0 aliphatic heterocycles. The molecule has 0 saturated heterocycles. The highest BCUT2D eigenvalue weighted by Crippen LogP contribution is 2.00. The molecule has 9 heavy (non-hydrogen) atoms. The Morgan fingerprint density at radius 2 is 2.00 bits per heavy atom. The molecule has 3 heteroatoms. The molecule has 0 bridgehead atoms. The molecule has 0 aromatic heterocycles. The number of nitriles is 2. The molecule has 0 heterocycles. The van der Waals surface area contributed by atoms with Crippen LogP contribution in [0.2, 0.25) is 0 Å². The highest BCUT2D eigenvalue weighted by atomic mass is 14.6. The average Bonchev–Trinajstić information content (AvgIpc) is 1.90. The van der Waals surface area contributed by atoms with Crippen molar-refractivity contribution >= 4 is 0 Å². The van der Waals surface area contributed by atoms with Gasteiger partial charge in [-0.2, -0.15) is 10.5 Å². The summed E-state index contributed by atoms with van der Waals surface area (Å²) in [6.07, 6.45) is 0.524. The van der Waals surface area contributed by atoms with E-state index in [4.69, 9.17) is 16.3 Å². The van der Waals surface area contributed by atoms with E-state index in [0.717, 1.165) is 0 Å². The fourth-order valence-corrected chi connectivity index (χ4v) is 0.397. The van der Waals surface area contributed by atoms with Crippen LogP contribution in [-0.4, -0.2) is 0 Å². The Bertz CT molecular complexity index is 201. The molecule has 0 amide bonds. The van der Waals surface area contributed by atoms with E-state index in [2.05, 4.69) is 0 Å². The van der Waals surface area contributed by atoms with Crippen molar-refractivity contribution in [2.75, 3.05) is 0 Å². The van der Waals surface area contributed by atoms with Crippen LogP contribution in [0.5, 0.6) is 0 Å². The zero-order valence-corrected chi connectivity index (χ0v) is 5.18. The lowest BCUT2D eigenvalue weighted by atomic mass is 10.2. The third-order valence-corrected chi connectivity index (χ3v) is 0.934. The number of nitrogens with two attached hydrogens (primary N) is 1. The van der Waals surface area contributed by atoms with Gasteiger partial charge in [0.05, 0.1) is 11.6 Å². The molecule has 2 N–H and O–H groups in total. The quantitative estimate of drug-likeness (QED) is 0.518. The predicted molar refractivity (Wildman–Crippen MR) is 32.7 cm³/mol. The van der Waals surface area contributed by atoms with Gasteiger partial charge in [-0.3, -0.25) is 0 Å². The maximum atomic E-state index is 8.29. The summed E-state index contributed by atoms with van der Waals surface area (Å²) in [4.78, 5) is 0. The van der Waals surface area contributed by atoms with Crippen molar-refractivity contribution in [2.45, 2.75) is 13.3 Å². The number of allylic oxidation sites excluding steroid dienone is 2. The van der Waals surface area contributed by atoms with Crippen LogP contribution in [0.3, 0.4) is 0 Å². The molecule has 0 aliphatic carbocycles. The normalized spacial score (nSPS) is 11.0. The number of hydrogen-bond acceptors (Lipinski definition) is 3. The van der Waals surface area contributed by atoms with Gasteiger partial charge in [0, 0.05) is 0 Å². The molecule has 46 valence electrons. The van der Waals surface area contributed by atoms with Gasteiger partial charge < -0.3 is 5.73 Å². The van der Waals surface area contributed by atoms with E-state index < -0.39 is 0 Å². The smallest absolute Gasteiger partial charge is 0.124 e. The highest BCUT2D eigenvalue weighted by Gasteiger charge is 1.96. The summed E-state index contributed by atoms with van der Waals surface area (Å²) in [6, 6.07) is 3.54. The van der Waals surface area contributed by atoms with E-state index >= 15 is 0 Å². The Morgan fingerprint density at radius 3 is 2.11 bits per heavy atom. The summed E-state index contributed by atoms with van der Waals surface area (Å²) < 4.78 is 0. The van der Waals surface area contributed by atoms with E-state index in [-0.39, 0.29) is 5.70 Å². The van der Waals surface area contributed by atoms with Crippen LogP contribution < -0.4 is 5.73 Å². The molecule has 0 aromatic rings. The molecule has 0 radical (unpaired) electrons. The molecule has 0 unspecified atom stereocenters. The van der Waals surface area contributed by atoms with Crippen LogP contribution in [-0.2, 0) is 0 Å². The van der Waals surface area contributed by atoms with Gasteiger partial charge in [-0.1, -0.05) is 6.92 Å². The van der Waals surface area contributed by atoms with Gasteiger partial charge in [0.25, 0.3) is 0 Å². The summed E-state index contributed by atoms with van der Waals surface area (Å²) in [7, 11) is 0. The lowest BCUT2D eigenvalue weighted by Crippen LogP contribution is -1.97. The fraction of sp³-hybridized carbons (Fsp3) is 0.333. The third kappa shape index (κ3) is 1.84. The molecule has 3 nitrogen and oxygen atoms in total. The van der Waals surface area contributed by atoms with E-state index in [9.17, 15) is 0 Å². The minimum absolute atomic E-state index is 0.0278. The zero-order chi connectivity index (χ0) is 7.28. The summed E-state index contributed by atoms with van der Waals surface area (Å²) in [6.45, 7) is 1.78. The number of nitrogens with zero attached hydrogens (tertiary/aromatic N) is 2. The van der Waals surface area contributed by atoms with E-state index in [1.54, 1.807) is 13.0 Å². The third-order valence-electron chi connectivity index (χ3n) is 0.934. The van der Waals surface area contributed by atoms with Gasteiger partial charge in [0.15, 0.2) is 0 Å². The van der Waals surface area contributed by atoms with Crippen molar-refractivity contribution in [3.05, 3.63) is 11.3 Å². The van der Waals surface area contributed by atoms with Crippen molar-refractivity contribution in [2.24, 2.45) is 5.73 Å². The first kappa shape index (κ1) is 7.52. The molecule has 0 rings (SSSR count). The van der Waals surface area contributed by atoms with E-state index in [1.807, 2.05) is 6.07 Å². The summed E-state index contributed by atoms with van der Waals surface area (Å²) in [5.41, 5.74) is 5.52. The molecule has 0 atom stereocenters. The maximum absolute atomic E-state index is 8.29. The monoisotopic (exact) mass is 121 g/mol. The van der Waals surface area contributed by atoms with Gasteiger partial charge >= 0.3 is 0 Å². The van der Waals surface area contributed by atoms with Crippen LogP contribution in [0.25, 0.3) is 0 Å². The Balaban J connectivity index is 4.49. The van der Waals surface area contributed by atoms with Crippen LogP contribution in [0.15, 0.2) is 11.3 Å². The molecular weight excluding hydrogens is 114 g/mol. The SMILES string of the molecule is CC/C(C#N)=C(/N)C#N. The van der Waals surface area contributed by atoms with Crippen molar-refractivity contribution in [1.29, 1.82) is 10.5 Å². The summed E-state index contributed by atoms with van der Waals surface area (Å²) >= 11 is 0. The lowest BCUT2D eigenvalue weighted by Gasteiger charge is -1.89. The molecule has 0 saturated carbocycles. The standard InChI is InChI=1S/C6H7N3/c1-2-5(3-7)6(9)4-8/h2,9H2,1H3/b6-5-. The zero-order valence-electron chi connectivity index (χ0n) is 5.18. The van der Waals surface area contributed by atoms with Crippen LogP contribution in [0, 0.1) is 22.7 Å². The Labute approximate surface area is 54.0 Å². The lowest BCUT2D eigenvalue weighted by molar-refractivity contribution is 1.11. The maximum Gasteiger partial charge on any atom is 0.124 e.